The van der Waals surface area contributed by atoms with Gasteiger partial charge in [0.1, 0.15) is 0 Å². The van der Waals surface area contributed by atoms with Crippen LogP contribution in [0, 0.1) is 12.8 Å². The first-order chi connectivity index (χ1) is 8.49. The van der Waals surface area contributed by atoms with Crippen LogP contribution in [0.15, 0.2) is 18.2 Å². The van der Waals surface area contributed by atoms with Crippen LogP contribution in [-0.2, 0) is 4.79 Å². The summed E-state index contributed by atoms with van der Waals surface area (Å²) in [6.07, 6.45) is 1.47. The quantitative estimate of drug-likeness (QED) is 0.857. The fourth-order valence-corrected chi connectivity index (χ4v) is 2.51. The highest BCUT2D eigenvalue weighted by Gasteiger charge is 2.34. The lowest BCUT2D eigenvalue weighted by atomic mass is 9.80. The number of hydrogen-bond acceptors (Lipinski definition) is 2. The van der Waals surface area contributed by atoms with Crippen LogP contribution in [0.5, 0.6) is 0 Å². The van der Waals surface area contributed by atoms with Gasteiger partial charge in [0.2, 0.25) is 0 Å². The summed E-state index contributed by atoms with van der Waals surface area (Å²) in [5.74, 6) is -0.348. The molecule has 0 bridgehead atoms. The Hall–Kier alpha value is -1.51. The summed E-state index contributed by atoms with van der Waals surface area (Å²) in [6.45, 7) is 6.46. The lowest BCUT2D eigenvalue weighted by Crippen LogP contribution is -2.39. The molecule has 0 radical (unpaired) electrons. The number of carboxylic acid groups (broad SMARTS) is 1. The van der Waals surface area contributed by atoms with Crippen molar-refractivity contribution >= 4 is 11.7 Å². The first-order valence-electron chi connectivity index (χ1n) is 6.58. The minimum atomic E-state index is -0.665. The Kier molecular flexibility index (Phi) is 3.60. The monoisotopic (exact) mass is 247 g/mol. The van der Waals surface area contributed by atoms with Gasteiger partial charge < -0.3 is 10.4 Å². The zero-order valence-electron chi connectivity index (χ0n) is 11.2. The van der Waals surface area contributed by atoms with Crippen molar-refractivity contribution in [2.24, 2.45) is 5.92 Å². The van der Waals surface area contributed by atoms with E-state index in [0.29, 0.717) is 12.0 Å². The fourth-order valence-electron chi connectivity index (χ4n) is 2.51. The van der Waals surface area contributed by atoms with E-state index in [1.54, 1.807) is 0 Å². The Morgan fingerprint density at radius 2 is 2.06 bits per heavy atom. The predicted octanol–water partition coefficient (Wildman–Crippen LogP) is 3.39. The molecular weight excluding hydrogens is 226 g/mol. The van der Waals surface area contributed by atoms with Crippen molar-refractivity contribution < 1.29 is 9.90 Å². The minimum absolute atomic E-state index is 0.158. The largest absolute Gasteiger partial charge is 0.481 e. The SMILES string of the molecule is Cc1cccc(C(C)C)c1NC1CC(C(=O)O)C1. The fraction of sp³-hybridized carbons (Fsp3) is 0.533. The molecule has 2 N–H and O–H groups in total. The lowest BCUT2D eigenvalue weighted by Gasteiger charge is -2.35. The van der Waals surface area contributed by atoms with E-state index in [1.165, 1.54) is 16.8 Å². The lowest BCUT2D eigenvalue weighted by molar-refractivity contribution is -0.144. The maximum absolute atomic E-state index is 10.8. The number of anilines is 1. The molecule has 1 aromatic rings. The van der Waals surface area contributed by atoms with Crippen molar-refractivity contribution in [3.05, 3.63) is 29.3 Å². The smallest absolute Gasteiger partial charge is 0.306 e. The molecule has 0 aliphatic heterocycles. The van der Waals surface area contributed by atoms with Crippen molar-refractivity contribution in [1.29, 1.82) is 0 Å². The third-order valence-corrected chi connectivity index (χ3v) is 3.76. The number of aryl methyl sites for hydroxylation is 1. The number of hydrogen-bond donors (Lipinski definition) is 2. The summed E-state index contributed by atoms with van der Waals surface area (Å²) < 4.78 is 0. The number of aliphatic carboxylic acids is 1. The molecule has 0 unspecified atom stereocenters. The van der Waals surface area contributed by atoms with Crippen LogP contribution in [-0.4, -0.2) is 17.1 Å². The zero-order valence-corrected chi connectivity index (χ0v) is 11.2. The van der Waals surface area contributed by atoms with E-state index < -0.39 is 5.97 Å². The molecule has 1 aromatic carbocycles. The number of rotatable bonds is 4. The highest BCUT2D eigenvalue weighted by atomic mass is 16.4. The molecule has 0 spiro atoms. The van der Waals surface area contributed by atoms with Gasteiger partial charge in [-0.1, -0.05) is 32.0 Å². The van der Waals surface area contributed by atoms with Crippen LogP contribution >= 0.6 is 0 Å². The van der Waals surface area contributed by atoms with E-state index in [2.05, 4.69) is 44.3 Å². The second kappa shape index (κ2) is 5.01. The van der Waals surface area contributed by atoms with Crippen molar-refractivity contribution in [3.8, 4) is 0 Å². The van der Waals surface area contributed by atoms with Gasteiger partial charge in [0.25, 0.3) is 0 Å². The van der Waals surface area contributed by atoms with Gasteiger partial charge in [-0.2, -0.15) is 0 Å². The molecule has 3 heteroatoms. The molecule has 0 heterocycles. The van der Waals surface area contributed by atoms with Gasteiger partial charge in [0, 0.05) is 11.7 Å². The highest BCUT2D eigenvalue weighted by Crippen LogP contribution is 2.34. The van der Waals surface area contributed by atoms with Gasteiger partial charge in [-0.3, -0.25) is 4.79 Å². The Bertz CT molecular complexity index is 448. The number of para-hydroxylation sites is 1. The van der Waals surface area contributed by atoms with Gasteiger partial charge in [0.05, 0.1) is 5.92 Å². The van der Waals surface area contributed by atoms with Crippen LogP contribution in [0.2, 0.25) is 0 Å². The normalized spacial score (nSPS) is 22.7. The van der Waals surface area contributed by atoms with Crippen LogP contribution < -0.4 is 5.32 Å². The molecular formula is C15H21NO2. The molecule has 0 amide bonds. The molecule has 2 rings (SSSR count). The summed E-state index contributed by atoms with van der Waals surface area (Å²) in [5.41, 5.74) is 3.75. The van der Waals surface area contributed by atoms with Crippen LogP contribution in [0.25, 0.3) is 0 Å². The molecule has 1 aliphatic rings. The highest BCUT2D eigenvalue weighted by molar-refractivity contribution is 5.72. The van der Waals surface area contributed by atoms with E-state index in [9.17, 15) is 4.79 Å². The molecule has 1 aliphatic carbocycles. The van der Waals surface area contributed by atoms with Crippen molar-refractivity contribution in [3.63, 3.8) is 0 Å². The Morgan fingerprint density at radius 1 is 1.39 bits per heavy atom. The summed E-state index contributed by atoms with van der Waals surface area (Å²) in [7, 11) is 0. The summed E-state index contributed by atoms with van der Waals surface area (Å²) in [5, 5.41) is 12.4. The van der Waals surface area contributed by atoms with Gasteiger partial charge in [-0.25, -0.2) is 0 Å². The second-order valence-electron chi connectivity index (χ2n) is 5.54. The molecule has 1 fully saturated rings. The Balaban J connectivity index is 2.08. The minimum Gasteiger partial charge on any atom is -0.481 e. The number of nitrogens with one attached hydrogen (secondary N) is 1. The summed E-state index contributed by atoms with van der Waals surface area (Å²) in [4.78, 5) is 10.8. The zero-order chi connectivity index (χ0) is 13.3. The third-order valence-electron chi connectivity index (χ3n) is 3.76. The van der Waals surface area contributed by atoms with Crippen molar-refractivity contribution in [1.82, 2.24) is 0 Å². The van der Waals surface area contributed by atoms with Gasteiger partial charge >= 0.3 is 5.97 Å². The van der Waals surface area contributed by atoms with E-state index in [0.717, 1.165) is 12.8 Å². The topological polar surface area (TPSA) is 49.3 Å². The number of benzene rings is 1. The first kappa shape index (κ1) is 12.9. The number of carbonyl (C=O) groups is 1. The average molecular weight is 247 g/mol. The Labute approximate surface area is 108 Å². The van der Waals surface area contributed by atoms with Gasteiger partial charge in [-0.15, -0.1) is 0 Å². The van der Waals surface area contributed by atoms with Crippen LogP contribution in [0.4, 0.5) is 5.69 Å². The predicted molar refractivity (Wildman–Crippen MR) is 73.0 cm³/mol. The van der Waals surface area contributed by atoms with Gasteiger partial charge in [0.15, 0.2) is 0 Å². The van der Waals surface area contributed by atoms with Crippen LogP contribution in [0.1, 0.15) is 43.7 Å². The standard InChI is InChI=1S/C15H21NO2/c1-9(2)13-6-4-5-10(3)14(13)16-12-7-11(8-12)15(17)18/h4-6,9,11-12,16H,7-8H2,1-3H3,(H,17,18). The van der Waals surface area contributed by atoms with E-state index >= 15 is 0 Å². The molecule has 3 nitrogen and oxygen atoms in total. The average Bonchev–Trinajstić information content (AvgIpc) is 2.23. The van der Waals surface area contributed by atoms with Crippen molar-refractivity contribution in [2.45, 2.75) is 45.6 Å². The summed E-state index contributed by atoms with van der Waals surface area (Å²) >= 11 is 0. The Morgan fingerprint density at radius 3 is 2.61 bits per heavy atom. The molecule has 1 saturated carbocycles. The van der Waals surface area contributed by atoms with E-state index in [4.69, 9.17) is 5.11 Å². The summed E-state index contributed by atoms with van der Waals surface area (Å²) in [6, 6.07) is 6.63. The van der Waals surface area contributed by atoms with Crippen molar-refractivity contribution in [2.75, 3.05) is 5.32 Å². The molecule has 18 heavy (non-hydrogen) atoms. The van der Waals surface area contributed by atoms with Crippen LogP contribution in [0.3, 0.4) is 0 Å². The third kappa shape index (κ3) is 2.50. The molecule has 0 aromatic heterocycles. The molecule has 98 valence electrons. The maximum atomic E-state index is 10.8. The molecule has 0 atom stereocenters. The molecule has 0 saturated heterocycles. The van der Waals surface area contributed by atoms with E-state index in [1.807, 2.05) is 0 Å². The number of carboxylic acids is 1. The van der Waals surface area contributed by atoms with E-state index in [-0.39, 0.29) is 5.92 Å². The van der Waals surface area contributed by atoms with Gasteiger partial charge in [-0.05, 0) is 36.8 Å². The first-order valence-corrected chi connectivity index (χ1v) is 6.58. The second-order valence-corrected chi connectivity index (χ2v) is 5.54. The maximum Gasteiger partial charge on any atom is 0.306 e.